The molecule has 5 aliphatic rings. The highest BCUT2D eigenvalue weighted by Gasteiger charge is 2.28. The number of rotatable bonds is 0. The summed E-state index contributed by atoms with van der Waals surface area (Å²) >= 11 is 0. The van der Waals surface area contributed by atoms with E-state index in [-0.39, 0.29) is 0 Å². The second kappa shape index (κ2) is 23.6. The molecule has 12 nitrogen and oxygen atoms in total. The Labute approximate surface area is 383 Å². The zero-order valence-electron chi connectivity index (χ0n) is 38.3. The van der Waals surface area contributed by atoms with E-state index < -0.39 is 0 Å². The Hall–Kier alpha value is -3.72. The number of aromatic nitrogens is 4. The Kier molecular flexibility index (Phi) is 16.8. The summed E-state index contributed by atoms with van der Waals surface area (Å²) in [5.74, 6) is 0. The normalized spacial score (nSPS) is 29.8. The lowest BCUT2D eigenvalue weighted by atomic mass is 9.90. The smallest absolute Gasteiger partial charge is 0.0545 e. The van der Waals surface area contributed by atoms with E-state index in [2.05, 4.69) is 115 Å². The number of hydrogen-bond acceptors (Lipinski definition) is 12. The maximum absolute atomic E-state index is 5.13. The highest BCUT2D eigenvalue weighted by Crippen LogP contribution is 2.24. The van der Waals surface area contributed by atoms with Crippen LogP contribution in [-0.2, 0) is 52.4 Å². The van der Waals surface area contributed by atoms with Gasteiger partial charge >= 0.3 is 0 Å². The molecule has 0 radical (unpaired) electrons. The average molecular weight is 869 g/mol. The molecule has 8 N–H and O–H groups in total. The second-order valence-corrected chi connectivity index (χ2v) is 19.5. The van der Waals surface area contributed by atoms with Gasteiger partial charge in [0.2, 0.25) is 0 Å². The van der Waals surface area contributed by atoms with Gasteiger partial charge in [0.15, 0.2) is 0 Å². The van der Waals surface area contributed by atoms with Crippen LogP contribution < -0.4 is 42.5 Å². The number of nitrogens with one attached hydrogen (secondary N) is 8. The topological polar surface area (TPSA) is 148 Å². The van der Waals surface area contributed by atoms with Gasteiger partial charge in [0.05, 0.1) is 45.6 Å². The minimum Gasteiger partial charge on any atom is -0.307 e. The Morgan fingerprint density at radius 3 is 0.516 bits per heavy atom. The van der Waals surface area contributed by atoms with E-state index in [1.54, 1.807) is 0 Å². The molecule has 0 saturated heterocycles. The molecule has 9 rings (SSSR count). The molecule has 12 heteroatoms. The van der Waals surface area contributed by atoms with E-state index in [1.807, 2.05) is 0 Å². The van der Waals surface area contributed by atoms with E-state index in [0.29, 0.717) is 48.3 Å². The fourth-order valence-corrected chi connectivity index (χ4v) is 11.3. The van der Waals surface area contributed by atoms with Crippen LogP contribution in [0.2, 0.25) is 0 Å². The van der Waals surface area contributed by atoms with Crippen LogP contribution in [0.4, 0.5) is 0 Å². The molecule has 1 aliphatic heterocycles. The van der Waals surface area contributed by atoms with E-state index in [1.165, 1.54) is 103 Å². The summed E-state index contributed by atoms with van der Waals surface area (Å²) in [6.45, 7) is 6.25. The second-order valence-electron chi connectivity index (χ2n) is 19.5. The third kappa shape index (κ3) is 13.2. The molecule has 4 aromatic heterocycles. The minimum atomic E-state index is 0.411. The van der Waals surface area contributed by atoms with Crippen molar-refractivity contribution in [1.29, 1.82) is 0 Å². The third-order valence-corrected chi connectivity index (χ3v) is 14.9. The summed E-state index contributed by atoms with van der Waals surface area (Å²) in [5, 5.41) is 31.3. The monoisotopic (exact) mass is 869 g/mol. The van der Waals surface area contributed by atoms with Crippen LogP contribution in [0, 0.1) is 0 Å². The maximum Gasteiger partial charge on any atom is 0.0545 e. The van der Waals surface area contributed by atoms with Gasteiger partial charge in [-0.25, -0.2) is 0 Å². The van der Waals surface area contributed by atoms with Gasteiger partial charge in [0.1, 0.15) is 0 Å². The van der Waals surface area contributed by atoms with Crippen molar-refractivity contribution in [1.82, 2.24) is 62.5 Å². The summed E-state index contributed by atoms with van der Waals surface area (Å²) in [6.07, 6.45) is 19.6. The van der Waals surface area contributed by atoms with Crippen molar-refractivity contribution in [3.8, 4) is 0 Å². The summed E-state index contributed by atoms with van der Waals surface area (Å²) < 4.78 is 0. The standard InChI is InChI=1S/C52H76N12/c1-2-22-46-45(21-1)53-29-37-13-9-15-39(61-37)31-55-47-23-3-4-24-48(47)57-33-41-17-11-19-43(63-41)35-59-51-27-7-8-28-52(51)60-36-44-20-12-18-42(64-44)34-58-50-26-6-5-25-49(50)56-32-40-16-10-14-38(62-40)30-54-46/h9-20,45-60H,1-8,21-36H2/t45-,46-,47+,48+,49+,50+,51-,52-. The molecule has 64 heavy (non-hydrogen) atoms. The quantitative estimate of drug-likeness (QED) is 0.0998. The Morgan fingerprint density at radius 1 is 0.234 bits per heavy atom. The minimum absolute atomic E-state index is 0.411. The Morgan fingerprint density at radius 2 is 0.375 bits per heavy atom. The zero-order valence-corrected chi connectivity index (χ0v) is 38.3. The van der Waals surface area contributed by atoms with Crippen molar-refractivity contribution in [2.45, 2.75) is 203 Å². The lowest BCUT2D eigenvalue weighted by molar-refractivity contribution is 0.276. The molecule has 0 unspecified atom stereocenters. The largest absolute Gasteiger partial charge is 0.307 e. The number of hydrogen-bond donors (Lipinski definition) is 8. The first-order valence-corrected chi connectivity index (χ1v) is 25.3. The molecule has 8 atom stereocenters. The average Bonchev–Trinajstić information content (AvgIpc) is 3.35. The van der Waals surface area contributed by atoms with Crippen LogP contribution in [0.15, 0.2) is 72.8 Å². The molecule has 4 aliphatic carbocycles. The van der Waals surface area contributed by atoms with Gasteiger partial charge in [0.25, 0.3) is 0 Å². The van der Waals surface area contributed by atoms with Gasteiger partial charge in [-0.1, -0.05) is 75.6 Å². The van der Waals surface area contributed by atoms with Crippen molar-refractivity contribution < 1.29 is 0 Å². The molecule has 0 spiro atoms. The first-order chi connectivity index (χ1) is 31.7. The predicted octanol–water partition coefficient (Wildman–Crippen LogP) is 6.34. The molecule has 344 valence electrons. The highest BCUT2D eigenvalue weighted by atomic mass is 15.1. The van der Waals surface area contributed by atoms with Crippen LogP contribution in [-0.4, -0.2) is 68.3 Å². The van der Waals surface area contributed by atoms with Crippen LogP contribution in [0.3, 0.4) is 0 Å². The van der Waals surface area contributed by atoms with Crippen LogP contribution in [0.25, 0.3) is 0 Å². The zero-order chi connectivity index (χ0) is 43.2. The molecule has 4 saturated carbocycles. The number of nitrogens with zero attached hydrogens (tertiary/aromatic N) is 4. The first kappa shape index (κ1) is 45.4. The van der Waals surface area contributed by atoms with Crippen LogP contribution in [0.1, 0.15) is 148 Å². The van der Waals surface area contributed by atoms with Gasteiger partial charge in [0, 0.05) is 101 Å². The van der Waals surface area contributed by atoms with Gasteiger partial charge in [-0.15, -0.1) is 0 Å². The lowest BCUT2D eigenvalue weighted by Gasteiger charge is -2.34. The van der Waals surface area contributed by atoms with E-state index in [9.17, 15) is 0 Å². The molecular formula is C52H76N12. The molecule has 0 aromatic carbocycles. The summed E-state index contributed by atoms with van der Waals surface area (Å²) in [5.41, 5.74) is 8.92. The lowest BCUT2D eigenvalue weighted by Crippen LogP contribution is -2.50. The van der Waals surface area contributed by atoms with Crippen molar-refractivity contribution in [2.24, 2.45) is 0 Å². The Balaban J connectivity index is 0.880. The van der Waals surface area contributed by atoms with Crippen LogP contribution in [0.5, 0.6) is 0 Å². The fraction of sp³-hybridized carbons (Fsp3) is 0.615. The Bertz CT molecular complexity index is 1620. The number of pyridine rings is 4. The molecule has 8 bridgehead atoms. The van der Waals surface area contributed by atoms with Gasteiger partial charge < -0.3 is 42.5 Å². The summed E-state index contributed by atoms with van der Waals surface area (Å²) in [6, 6.07) is 29.4. The van der Waals surface area contributed by atoms with Gasteiger partial charge in [-0.05, 0) is 99.9 Å². The van der Waals surface area contributed by atoms with Gasteiger partial charge in [-0.3, -0.25) is 19.9 Å². The molecule has 0 amide bonds. The maximum atomic E-state index is 5.13. The predicted molar refractivity (Wildman–Crippen MR) is 256 cm³/mol. The summed E-state index contributed by atoms with van der Waals surface area (Å²) in [7, 11) is 0. The van der Waals surface area contributed by atoms with Crippen molar-refractivity contribution in [2.75, 3.05) is 0 Å². The van der Waals surface area contributed by atoms with Crippen molar-refractivity contribution >= 4 is 0 Å². The van der Waals surface area contributed by atoms with E-state index in [0.717, 1.165) is 97.9 Å². The highest BCUT2D eigenvalue weighted by molar-refractivity contribution is 5.16. The molecule has 5 heterocycles. The first-order valence-electron chi connectivity index (χ1n) is 25.3. The molecule has 4 aromatic rings. The summed E-state index contributed by atoms with van der Waals surface area (Å²) in [4.78, 5) is 20.5. The molecule has 4 fully saturated rings. The van der Waals surface area contributed by atoms with Gasteiger partial charge in [-0.2, -0.15) is 0 Å². The van der Waals surface area contributed by atoms with Crippen molar-refractivity contribution in [3.05, 3.63) is 118 Å². The van der Waals surface area contributed by atoms with Crippen molar-refractivity contribution in [3.63, 3.8) is 0 Å². The third-order valence-electron chi connectivity index (χ3n) is 14.9. The van der Waals surface area contributed by atoms with Crippen LogP contribution >= 0.6 is 0 Å². The fourth-order valence-electron chi connectivity index (χ4n) is 11.3. The SMILES string of the molecule is c1cc2nc(c1)CN[C@@H]1CCCC[C@H]1NCc1cccc(n1)CN[C@H]1CCCC[C@@H]1NCc1cccc(n1)CN[C@@H]1CCCC[C@H]1NCc1cccc(n1)CN[C@H]1CCCC[C@@H]1NC2. The molecular weight excluding hydrogens is 793 g/mol. The van der Waals surface area contributed by atoms with E-state index in [4.69, 9.17) is 19.9 Å². The number of fused-ring (bicyclic) bond motifs is 12. The van der Waals surface area contributed by atoms with E-state index >= 15 is 0 Å².